The van der Waals surface area contributed by atoms with Gasteiger partial charge in [-0.3, -0.25) is 0 Å². The smallest absolute Gasteiger partial charge is 0.138 e. The lowest BCUT2D eigenvalue weighted by Crippen LogP contribution is -2.30. The van der Waals surface area contributed by atoms with Gasteiger partial charge in [0.1, 0.15) is 15.4 Å². The van der Waals surface area contributed by atoms with Gasteiger partial charge in [-0.15, -0.1) is 23.5 Å². The Morgan fingerprint density at radius 2 is 1.45 bits per heavy atom. The van der Waals surface area contributed by atoms with E-state index in [9.17, 15) is 0 Å². The summed E-state index contributed by atoms with van der Waals surface area (Å²) in [6.07, 6.45) is 0.969. The SMILES string of the molecule is CCSC(SCC)(c1ccc(Cl)cc1)c1ccc(OC(C)(C)CC(C)C)c(Cl)c1. The maximum atomic E-state index is 6.73. The summed E-state index contributed by atoms with van der Waals surface area (Å²) >= 11 is 16.7. The van der Waals surface area contributed by atoms with E-state index in [1.54, 1.807) is 0 Å². The summed E-state index contributed by atoms with van der Waals surface area (Å²) in [5.74, 6) is 3.29. The molecule has 0 amide bonds. The summed E-state index contributed by atoms with van der Waals surface area (Å²) in [6.45, 7) is 13.0. The van der Waals surface area contributed by atoms with E-state index in [4.69, 9.17) is 27.9 Å². The molecule has 0 aliphatic heterocycles. The third kappa shape index (κ3) is 6.50. The van der Waals surface area contributed by atoms with Crippen molar-refractivity contribution < 1.29 is 4.74 Å². The average molecular weight is 472 g/mol. The number of rotatable bonds is 10. The van der Waals surface area contributed by atoms with Crippen molar-refractivity contribution in [2.45, 2.75) is 57.6 Å². The summed E-state index contributed by atoms with van der Waals surface area (Å²) in [5.41, 5.74) is 2.14. The molecule has 1 nitrogen and oxygen atoms in total. The second-order valence-corrected chi connectivity index (χ2v) is 12.2. The molecular formula is C24H32Cl2OS2. The molecule has 0 fully saturated rings. The van der Waals surface area contributed by atoms with E-state index in [2.05, 4.69) is 65.8 Å². The van der Waals surface area contributed by atoms with E-state index >= 15 is 0 Å². The zero-order valence-corrected chi connectivity index (χ0v) is 21.4. The molecule has 0 aromatic heterocycles. The number of thioether (sulfide) groups is 2. The minimum absolute atomic E-state index is 0.232. The monoisotopic (exact) mass is 470 g/mol. The van der Waals surface area contributed by atoms with Gasteiger partial charge in [0.25, 0.3) is 0 Å². The van der Waals surface area contributed by atoms with E-state index in [0.717, 1.165) is 28.7 Å². The molecule has 160 valence electrons. The molecule has 0 spiro atoms. The molecule has 2 aromatic carbocycles. The lowest BCUT2D eigenvalue weighted by molar-refractivity contribution is 0.0853. The third-order valence-electron chi connectivity index (χ3n) is 4.52. The van der Waals surface area contributed by atoms with Crippen molar-refractivity contribution in [3.8, 4) is 5.75 Å². The highest BCUT2D eigenvalue weighted by molar-refractivity contribution is 8.17. The Hall–Kier alpha value is -0.480. The van der Waals surface area contributed by atoms with Crippen LogP contribution in [0.4, 0.5) is 0 Å². The van der Waals surface area contributed by atoms with Crippen LogP contribution in [0.25, 0.3) is 0 Å². The van der Waals surface area contributed by atoms with E-state index in [1.807, 2.05) is 41.7 Å². The molecule has 0 atom stereocenters. The standard InChI is InChI=1S/C24H32Cl2OS2/c1-7-28-24(29-8-2,18-9-12-20(25)13-10-18)19-11-14-22(21(26)15-19)27-23(5,6)16-17(3)4/h9-15,17H,7-8,16H2,1-6H3. The fraction of sp³-hybridized carbons (Fsp3) is 0.500. The fourth-order valence-electron chi connectivity index (χ4n) is 3.73. The first kappa shape index (κ1) is 24.8. The molecule has 0 saturated carbocycles. The normalized spacial score (nSPS) is 12.4. The van der Waals surface area contributed by atoms with Gasteiger partial charge >= 0.3 is 0 Å². The summed E-state index contributed by atoms with van der Waals surface area (Å²) in [5, 5.41) is 1.41. The van der Waals surface area contributed by atoms with Crippen LogP contribution < -0.4 is 4.74 Å². The molecule has 0 unspecified atom stereocenters. The highest BCUT2D eigenvalue weighted by Gasteiger charge is 2.35. The predicted molar refractivity (Wildman–Crippen MR) is 134 cm³/mol. The Balaban J connectivity index is 2.46. The van der Waals surface area contributed by atoms with Crippen LogP contribution in [0, 0.1) is 5.92 Å². The summed E-state index contributed by atoms with van der Waals surface area (Å²) in [6, 6.07) is 14.4. The predicted octanol–water partition coefficient (Wildman–Crippen LogP) is 8.90. The molecule has 5 heteroatoms. The van der Waals surface area contributed by atoms with Crippen molar-refractivity contribution in [2.75, 3.05) is 11.5 Å². The van der Waals surface area contributed by atoms with Crippen LogP contribution in [0.15, 0.2) is 42.5 Å². The molecule has 0 aliphatic rings. The molecule has 0 saturated heterocycles. The van der Waals surface area contributed by atoms with E-state index < -0.39 is 0 Å². The van der Waals surface area contributed by atoms with Crippen LogP contribution in [0.2, 0.25) is 10.0 Å². The van der Waals surface area contributed by atoms with Crippen LogP contribution in [0.5, 0.6) is 5.75 Å². The molecule has 0 heterocycles. The maximum Gasteiger partial charge on any atom is 0.138 e. The number of ether oxygens (including phenoxy) is 1. The molecule has 2 aromatic rings. The van der Waals surface area contributed by atoms with Gasteiger partial charge in [0, 0.05) is 5.02 Å². The Morgan fingerprint density at radius 3 is 1.93 bits per heavy atom. The van der Waals surface area contributed by atoms with Gasteiger partial charge in [0.2, 0.25) is 0 Å². The first-order valence-corrected chi connectivity index (χ1v) is 12.9. The van der Waals surface area contributed by atoms with Crippen molar-refractivity contribution >= 4 is 46.7 Å². The van der Waals surface area contributed by atoms with E-state index in [1.165, 1.54) is 11.1 Å². The lowest BCUT2D eigenvalue weighted by atomic mass is 9.96. The van der Waals surface area contributed by atoms with Crippen molar-refractivity contribution in [3.05, 3.63) is 63.6 Å². The van der Waals surface area contributed by atoms with Gasteiger partial charge in [-0.1, -0.05) is 69.1 Å². The molecule has 0 N–H and O–H groups in total. The second-order valence-electron chi connectivity index (χ2n) is 8.09. The first-order valence-electron chi connectivity index (χ1n) is 10.2. The molecule has 2 rings (SSSR count). The summed E-state index contributed by atoms with van der Waals surface area (Å²) < 4.78 is 6.06. The third-order valence-corrected chi connectivity index (χ3v) is 8.11. The Bertz CT molecular complexity index is 782. The van der Waals surface area contributed by atoms with Crippen molar-refractivity contribution in [3.63, 3.8) is 0 Å². The van der Waals surface area contributed by atoms with Crippen molar-refractivity contribution in [2.24, 2.45) is 5.92 Å². The van der Waals surface area contributed by atoms with Crippen LogP contribution >= 0.6 is 46.7 Å². The molecule has 0 radical (unpaired) electrons. The zero-order chi connectivity index (χ0) is 21.7. The van der Waals surface area contributed by atoms with Gasteiger partial charge in [-0.05, 0) is 73.1 Å². The van der Waals surface area contributed by atoms with Gasteiger partial charge in [-0.2, -0.15) is 0 Å². The zero-order valence-electron chi connectivity index (χ0n) is 18.2. The minimum atomic E-state index is -0.261. The first-order chi connectivity index (χ1) is 13.6. The van der Waals surface area contributed by atoms with Gasteiger partial charge in [-0.25, -0.2) is 0 Å². The molecule has 29 heavy (non-hydrogen) atoms. The quantitative estimate of drug-likeness (QED) is 0.320. The van der Waals surface area contributed by atoms with Crippen molar-refractivity contribution in [1.82, 2.24) is 0 Å². The molecule has 0 aliphatic carbocycles. The lowest BCUT2D eigenvalue weighted by Gasteiger charge is -2.34. The van der Waals surface area contributed by atoms with Crippen molar-refractivity contribution in [1.29, 1.82) is 0 Å². The second kappa shape index (κ2) is 10.7. The van der Waals surface area contributed by atoms with Gasteiger partial charge in [0.05, 0.1) is 5.02 Å². The number of benzene rings is 2. The Morgan fingerprint density at radius 1 is 0.897 bits per heavy atom. The number of halogens is 2. The van der Waals surface area contributed by atoms with Gasteiger partial charge < -0.3 is 4.74 Å². The van der Waals surface area contributed by atoms with Crippen LogP contribution in [0.1, 0.15) is 59.1 Å². The largest absolute Gasteiger partial charge is 0.486 e. The Kier molecular flexibility index (Phi) is 9.15. The van der Waals surface area contributed by atoms with E-state index in [-0.39, 0.29) is 9.68 Å². The van der Waals surface area contributed by atoms with Crippen LogP contribution in [-0.2, 0) is 4.08 Å². The summed E-state index contributed by atoms with van der Waals surface area (Å²) in [7, 11) is 0. The topological polar surface area (TPSA) is 9.23 Å². The molecule has 0 bridgehead atoms. The molecular weight excluding hydrogens is 439 g/mol. The van der Waals surface area contributed by atoms with Gasteiger partial charge in [0.15, 0.2) is 0 Å². The fourth-order valence-corrected chi connectivity index (χ4v) is 7.12. The highest BCUT2D eigenvalue weighted by Crippen LogP contribution is 2.53. The van der Waals surface area contributed by atoms with Crippen LogP contribution in [0.3, 0.4) is 0 Å². The highest BCUT2D eigenvalue weighted by atomic mass is 35.5. The number of hydrogen-bond acceptors (Lipinski definition) is 3. The Labute approximate surface area is 195 Å². The number of hydrogen-bond donors (Lipinski definition) is 0. The van der Waals surface area contributed by atoms with Crippen LogP contribution in [-0.4, -0.2) is 17.1 Å². The maximum absolute atomic E-state index is 6.73. The minimum Gasteiger partial charge on any atom is -0.486 e. The average Bonchev–Trinajstić information content (AvgIpc) is 2.62. The summed E-state index contributed by atoms with van der Waals surface area (Å²) in [4.78, 5) is 0. The van der Waals surface area contributed by atoms with E-state index in [0.29, 0.717) is 10.9 Å².